The second kappa shape index (κ2) is 11.8. The van der Waals surface area contributed by atoms with E-state index in [4.69, 9.17) is 11.6 Å². The summed E-state index contributed by atoms with van der Waals surface area (Å²) in [5, 5.41) is 3.59. The molecule has 0 aliphatic carbocycles. The highest BCUT2D eigenvalue weighted by atomic mass is 35.5. The summed E-state index contributed by atoms with van der Waals surface area (Å²) >= 11 is 7.52. The third kappa shape index (κ3) is 7.21. The van der Waals surface area contributed by atoms with Crippen molar-refractivity contribution in [2.75, 3.05) is 12.3 Å². The van der Waals surface area contributed by atoms with E-state index >= 15 is 0 Å². The minimum atomic E-state index is -0.514. The fourth-order valence-corrected chi connectivity index (χ4v) is 3.66. The molecule has 2 aromatic rings. The Morgan fingerprint density at radius 2 is 1.79 bits per heavy atom. The van der Waals surface area contributed by atoms with Crippen LogP contribution in [-0.4, -0.2) is 35.1 Å². The first-order valence-corrected chi connectivity index (χ1v) is 10.9. The number of halogens is 1. The molecule has 0 unspecified atom stereocenters. The number of hydrogen-bond donors (Lipinski definition) is 1. The summed E-state index contributed by atoms with van der Waals surface area (Å²) in [5.41, 5.74) is 1.01. The zero-order valence-corrected chi connectivity index (χ0v) is 17.9. The van der Waals surface area contributed by atoms with Gasteiger partial charge in [0.15, 0.2) is 0 Å². The molecule has 2 aromatic carbocycles. The van der Waals surface area contributed by atoms with Crippen LogP contribution in [0.3, 0.4) is 0 Å². The van der Waals surface area contributed by atoms with Crippen molar-refractivity contribution in [2.24, 2.45) is 0 Å². The third-order valence-electron chi connectivity index (χ3n) is 4.31. The molecule has 0 aliphatic rings. The van der Waals surface area contributed by atoms with Gasteiger partial charge >= 0.3 is 0 Å². The quantitative estimate of drug-likeness (QED) is 0.565. The highest BCUT2D eigenvalue weighted by molar-refractivity contribution is 7.99. The van der Waals surface area contributed by atoms with Crippen LogP contribution in [0.4, 0.5) is 0 Å². The van der Waals surface area contributed by atoms with Gasteiger partial charge in [-0.25, -0.2) is 0 Å². The summed E-state index contributed by atoms with van der Waals surface area (Å²) in [6.45, 7) is 4.83. The number of carbonyl (C=O) groups excluding carboxylic acids is 2. The molecule has 0 heterocycles. The van der Waals surface area contributed by atoms with Crippen molar-refractivity contribution in [1.82, 2.24) is 10.2 Å². The lowest BCUT2D eigenvalue weighted by Crippen LogP contribution is -2.47. The van der Waals surface area contributed by atoms with Gasteiger partial charge in [-0.15, -0.1) is 11.8 Å². The van der Waals surface area contributed by atoms with Crippen LogP contribution in [0.5, 0.6) is 0 Å². The second-order valence-electron chi connectivity index (χ2n) is 6.53. The van der Waals surface area contributed by atoms with E-state index in [0.717, 1.165) is 16.9 Å². The largest absolute Gasteiger partial charge is 0.354 e. The molecule has 0 bridgehead atoms. The van der Waals surface area contributed by atoms with Crippen LogP contribution in [0.2, 0.25) is 5.02 Å². The van der Waals surface area contributed by atoms with Crippen molar-refractivity contribution in [3.05, 3.63) is 65.2 Å². The summed E-state index contributed by atoms with van der Waals surface area (Å²) in [6, 6.07) is 16.8. The molecular weight excluding hydrogens is 392 g/mol. The molecule has 0 aromatic heterocycles. The standard InChI is InChI=1S/C22H27ClN2O2S/c1-3-14-24-22(27)17(2)25(16-18-7-5-4-6-8-18)21(26)13-15-28-20-11-9-19(23)10-12-20/h4-12,17H,3,13-16H2,1-2H3,(H,24,27)/t17-/m1/s1. The van der Waals surface area contributed by atoms with Crippen molar-refractivity contribution in [1.29, 1.82) is 0 Å². The number of hydrogen-bond acceptors (Lipinski definition) is 3. The zero-order valence-electron chi connectivity index (χ0n) is 16.4. The van der Waals surface area contributed by atoms with E-state index in [2.05, 4.69) is 5.32 Å². The number of amides is 2. The lowest BCUT2D eigenvalue weighted by molar-refractivity contribution is -0.140. The van der Waals surface area contributed by atoms with Crippen molar-refractivity contribution < 1.29 is 9.59 Å². The van der Waals surface area contributed by atoms with Crippen LogP contribution in [-0.2, 0) is 16.1 Å². The Bertz CT molecular complexity index is 753. The van der Waals surface area contributed by atoms with Gasteiger partial charge in [0.2, 0.25) is 11.8 Å². The molecular formula is C22H27ClN2O2S. The van der Waals surface area contributed by atoms with Gasteiger partial charge in [-0.3, -0.25) is 9.59 Å². The van der Waals surface area contributed by atoms with Gasteiger partial charge in [0.05, 0.1) is 0 Å². The molecule has 1 N–H and O–H groups in total. The van der Waals surface area contributed by atoms with Crippen LogP contribution in [0, 0.1) is 0 Å². The molecule has 0 saturated heterocycles. The van der Waals surface area contributed by atoms with Crippen LogP contribution >= 0.6 is 23.4 Å². The first-order valence-electron chi connectivity index (χ1n) is 9.50. The third-order valence-corrected chi connectivity index (χ3v) is 5.58. The zero-order chi connectivity index (χ0) is 20.4. The molecule has 1 atom stereocenters. The Balaban J connectivity index is 2.00. The SMILES string of the molecule is CCCNC(=O)[C@@H](C)N(Cc1ccccc1)C(=O)CCSc1ccc(Cl)cc1. The molecule has 6 heteroatoms. The van der Waals surface area contributed by atoms with Crippen molar-refractivity contribution >= 4 is 35.2 Å². The van der Waals surface area contributed by atoms with Crippen LogP contribution in [0.1, 0.15) is 32.3 Å². The predicted molar refractivity (Wildman–Crippen MR) is 117 cm³/mol. The maximum atomic E-state index is 12.9. The molecule has 0 fully saturated rings. The van der Waals surface area contributed by atoms with E-state index in [9.17, 15) is 9.59 Å². The van der Waals surface area contributed by atoms with E-state index in [1.165, 1.54) is 0 Å². The minimum absolute atomic E-state index is 0.0236. The lowest BCUT2D eigenvalue weighted by atomic mass is 10.1. The molecule has 0 spiro atoms. The van der Waals surface area contributed by atoms with E-state index < -0.39 is 6.04 Å². The fraction of sp³-hybridized carbons (Fsp3) is 0.364. The number of nitrogens with one attached hydrogen (secondary N) is 1. The van der Waals surface area contributed by atoms with Crippen molar-refractivity contribution in [2.45, 2.75) is 44.2 Å². The van der Waals surface area contributed by atoms with Gasteiger partial charge in [-0.2, -0.15) is 0 Å². The fourth-order valence-electron chi connectivity index (χ4n) is 2.69. The summed E-state index contributed by atoms with van der Waals surface area (Å²) in [7, 11) is 0. The highest BCUT2D eigenvalue weighted by Crippen LogP contribution is 2.22. The maximum Gasteiger partial charge on any atom is 0.242 e. The molecule has 4 nitrogen and oxygen atoms in total. The Hall–Kier alpha value is -1.98. The van der Waals surface area contributed by atoms with E-state index in [1.807, 2.05) is 61.5 Å². The average molecular weight is 419 g/mol. The Morgan fingerprint density at radius 1 is 1.11 bits per heavy atom. The van der Waals surface area contributed by atoms with Crippen molar-refractivity contribution in [3.8, 4) is 0 Å². The van der Waals surface area contributed by atoms with Crippen LogP contribution in [0.25, 0.3) is 0 Å². The number of thioether (sulfide) groups is 1. The van der Waals surface area contributed by atoms with Gasteiger partial charge < -0.3 is 10.2 Å². The number of nitrogens with zero attached hydrogens (tertiary/aromatic N) is 1. The molecule has 0 saturated carbocycles. The summed E-state index contributed by atoms with van der Waals surface area (Å²) < 4.78 is 0. The van der Waals surface area contributed by atoms with Crippen LogP contribution in [0.15, 0.2) is 59.5 Å². The second-order valence-corrected chi connectivity index (χ2v) is 8.13. The molecule has 0 aliphatic heterocycles. The first-order chi connectivity index (χ1) is 13.5. The summed E-state index contributed by atoms with van der Waals surface area (Å²) in [4.78, 5) is 28.1. The molecule has 0 radical (unpaired) electrons. The Labute approximate surface area is 176 Å². The number of benzene rings is 2. The topological polar surface area (TPSA) is 49.4 Å². The van der Waals surface area contributed by atoms with Gasteiger partial charge in [0, 0.05) is 35.2 Å². The molecule has 150 valence electrons. The number of rotatable bonds is 10. The summed E-state index contributed by atoms with van der Waals surface area (Å²) in [6.07, 6.45) is 1.23. The van der Waals surface area contributed by atoms with E-state index in [-0.39, 0.29) is 11.8 Å². The monoisotopic (exact) mass is 418 g/mol. The molecule has 2 rings (SSSR count). The number of carbonyl (C=O) groups is 2. The lowest BCUT2D eigenvalue weighted by Gasteiger charge is -2.29. The van der Waals surface area contributed by atoms with E-state index in [0.29, 0.717) is 30.3 Å². The predicted octanol–water partition coefficient (Wildman–Crippen LogP) is 4.77. The smallest absolute Gasteiger partial charge is 0.242 e. The van der Waals surface area contributed by atoms with Gasteiger partial charge in [0.25, 0.3) is 0 Å². The minimum Gasteiger partial charge on any atom is -0.354 e. The highest BCUT2D eigenvalue weighted by Gasteiger charge is 2.25. The average Bonchev–Trinajstić information content (AvgIpc) is 2.71. The molecule has 2 amide bonds. The Kier molecular flexibility index (Phi) is 9.38. The van der Waals surface area contributed by atoms with Gasteiger partial charge in [-0.05, 0) is 43.2 Å². The van der Waals surface area contributed by atoms with Crippen LogP contribution < -0.4 is 5.32 Å². The normalized spacial score (nSPS) is 11.7. The summed E-state index contributed by atoms with van der Waals surface area (Å²) in [5.74, 6) is 0.510. The first kappa shape index (κ1) is 22.3. The van der Waals surface area contributed by atoms with Crippen molar-refractivity contribution in [3.63, 3.8) is 0 Å². The maximum absolute atomic E-state index is 12.9. The molecule has 28 heavy (non-hydrogen) atoms. The Morgan fingerprint density at radius 3 is 2.43 bits per heavy atom. The van der Waals surface area contributed by atoms with Gasteiger partial charge in [-0.1, -0.05) is 48.9 Å². The van der Waals surface area contributed by atoms with E-state index in [1.54, 1.807) is 23.6 Å². The van der Waals surface area contributed by atoms with Gasteiger partial charge in [0.1, 0.15) is 6.04 Å².